The van der Waals surface area contributed by atoms with E-state index in [-0.39, 0.29) is 10.8 Å². The number of allylic oxidation sites excluding steroid dienone is 5. The van der Waals surface area contributed by atoms with Crippen molar-refractivity contribution in [2.24, 2.45) is 0 Å². The van der Waals surface area contributed by atoms with E-state index in [1.165, 1.54) is 55.2 Å². The molecule has 7 aromatic rings. The zero-order chi connectivity index (χ0) is 34.4. The molecule has 0 saturated carbocycles. The van der Waals surface area contributed by atoms with E-state index in [4.69, 9.17) is 15.0 Å². The molecule has 0 N–H and O–H groups in total. The lowest BCUT2D eigenvalue weighted by Gasteiger charge is -2.35. The number of rotatable bonds is 5. The topological polar surface area (TPSA) is 43.6 Å². The average molecular weight is 647 g/mol. The molecule has 0 unspecified atom stereocenters. The zero-order valence-corrected chi connectivity index (χ0v) is 29.1. The first-order chi connectivity index (χ1) is 24.2. The first-order valence-corrected chi connectivity index (χ1v) is 17.4. The molecule has 5 aromatic carbocycles. The van der Waals surface area contributed by atoms with Crippen LogP contribution >= 0.6 is 0 Å². The second kappa shape index (κ2) is 10.8. The van der Waals surface area contributed by atoms with Gasteiger partial charge in [0.05, 0.1) is 11.0 Å². The second-order valence-corrected chi connectivity index (χ2v) is 14.5. The lowest BCUT2D eigenvalue weighted by molar-refractivity contribution is 0.634. The minimum absolute atomic E-state index is 0.192. The molecule has 3 heterocycles. The quantitative estimate of drug-likeness (QED) is 0.187. The van der Waals surface area contributed by atoms with Crippen molar-refractivity contribution in [2.75, 3.05) is 0 Å². The van der Waals surface area contributed by atoms with Crippen LogP contribution in [0.25, 0.3) is 72.8 Å². The Morgan fingerprint density at radius 1 is 0.620 bits per heavy atom. The Morgan fingerprint density at radius 2 is 1.22 bits per heavy atom. The molecule has 242 valence electrons. The summed E-state index contributed by atoms with van der Waals surface area (Å²) >= 11 is 0. The molecule has 1 aliphatic heterocycles. The summed E-state index contributed by atoms with van der Waals surface area (Å²) in [7, 11) is 0. The number of hydrogen-bond acceptors (Lipinski definition) is 3. The molecule has 9 rings (SSSR count). The maximum absolute atomic E-state index is 5.18. The van der Waals surface area contributed by atoms with Crippen LogP contribution in [-0.4, -0.2) is 19.5 Å². The number of aromatic nitrogens is 4. The fraction of sp³-hybridized carbons (Fsp3) is 0.152. The standard InChI is InChI=1S/C46H38N4/c1-7-17-35-37(8-2)50-38-25-24-32-31-22-15-16-23-34(31)46(5,6)40(32)39(38)33-26-30(27-36(41(33)50)45(35,3)4)44-48-42(28-18-11-9-12-19-28)47-43(49-44)29-20-13-10-14-21-29/h7-27H,2H2,1,3-6H3. The molecule has 4 nitrogen and oxygen atoms in total. The van der Waals surface area contributed by atoms with Gasteiger partial charge in [-0.05, 0) is 64.6 Å². The van der Waals surface area contributed by atoms with Gasteiger partial charge < -0.3 is 4.57 Å². The minimum atomic E-state index is -0.326. The molecule has 0 amide bonds. The van der Waals surface area contributed by atoms with E-state index in [1.807, 2.05) is 42.5 Å². The first kappa shape index (κ1) is 30.2. The summed E-state index contributed by atoms with van der Waals surface area (Å²) in [6, 6.07) is 38.6. The summed E-state index contributed by atoms with van der Waals surface area (Å²) in [5.41, 5.74) is 13.7. The number of fused-ring (bicyclic) bond motifs is 7. The third kappa shape index (κ3) is 4.14. The Morgan fingerprint density at radius 3 is 1.84 bits per heavy atom. The van der Waals surface area contributed by atoms with Gasteiger partial charge in [-0.2, -0.15) is 0 Å². The Labute approximate surface area is 293 Å². The van der Waals surface area contributed by atoms with Crippen molar-refractivity contribution < 1.29 is 0 Å². The Hall–Kier alpha value is -5.87. The van der Waals surface area contributed by atoms with E-state index < -0.39 is 0 Å². The smallest absolute Gasteiger partial charge is 0.164 e. The average Bonchev–Trinajstić information content (AvgIpc) is 3.59. The van der Waals surface area contributed by atoms with E-state index in [9.17, 15) is 0 Å². The largest absolute Gasteiger partial charge is 0.309 e. The van der Waals surface area contributed by atoms with Crippen molar-refractivity contribution >= 4 is 27.5 Å². The van der Waals surface area contributed by atoms with Crippen molar-refractivity contribution in [1.29, 1.82) is 0 Å². The van der Waals surface area contributed by atoms with E-state index in [0.29, 0.717) is 17.5 Å². The zero-order valence-electron chi connectivity index (χ0n) is 29.1. The maximum atomic E-state index is 5.18. The molecule has 2 aromatic heterocycles. The highest BCUT2D eigenvalue weighted by Crippen LogP contribution is 2.56. The Kier molecular flexibility index (Phi) is 6.53. The van der Waals surface area contributed by atoms with Crippen LogP contribution in [-0.2, 0) is 10.8 Å². The van der Waals surface area contributed by atoms with Crippen molar-refractivity contribution in [1.82, 2.24) is 19.5 Å². The summed E-state index contributed by atoms with van der Waals surface area (Å²) in [5, 5.41) is 2.49. The predicted molar refractivity (Wildman–Crippen MR) is 208 cm³/mol. The van der Waals surface area contributed by atoms with E-state index in [1.54, 1.807) is 0 Å². The van der Waals surface area contributed by atoms with Crippen molar-refractivity contribution in [3.63, 3.8) is 0 Å². The molecule has 0 spiro atoms. The SMILES string of the molecule is C=CC1=C(C=CC)C(C)(C)c2cc(-c3nc(-c4ccccc4)nc(-c4ccccc4)n3)cc3c4c5c(ccc4n1c23)-c1ccccc1C5(C)C. The van der Waals surface area contributed by atoms with Gasteiger partial charge in [0.2, 0.25) is 0 Å². The van der Waals surface area contributed by atoms with Crippen LogP contribution in [0.15, 0.2) is 140 Å². The molecule has 0 bridgehead atoms. The van der Waals surface area contributed by atoms with Gasteiger partial charge in [-0.25, -0.2) is 15.0 Å². The third-order valence-corrected chi connectivity index (χ3v) is 10.9. The van der Waals surface area contributed by atoms with Gasteiger partial charge in [0.1, 0.15) is 0 Å². The Balaban J connectivity index is 1.43. The molecule has 0 atom stereocenters. The lowest BCUT2D eigenvalue weighted by Crippen LogP contribution is -2.26. The highest BCUT2D eigenvalue weighted by atomic mass is 15.0. The molecule has 0 fully saturated rings. The summed E-state index contributed by atoms with van der Waals surface area (Å²) in [6.45, 7) is 15.8. The lowest BCUT2D eigenvalue weighted by atomic mass is 9.73. The molecule has 4 heteroatoms. The van der Waals surface area contributed by atoms with Gasteiger partial charge in [0, 0.05) is 44.0 Å². The molecule has 50 heavy (non-hydrogen) atoms. The predicted octanol–water partition coefficient (Wildman–Crippen LogP) is 11.6. The summed E-state index contributed by atoms with van der Waals surface area (Å²) in [4.78, 5) is 15.4. The molecule has 1 aliphatic carbocycles. The highest BCUT2D eigenvalue weighted by molar-refractivity contribution is 6.18. The van der Waals surface area contributed by atoms with Gasteiger partial charge in [-0.3, -0.25) is 0 Å². The normalized spacial score (nSPS) is 15.5. The fourth-order valence-corrected chi connectivity index (χ4v) is 8.55. The van der Waals surface area contributed by atoms with Crippen LogP contribution in [0.2, 0.25) is 0 Å². The van der Waals surface area contributed by atoms with Crippen LogP contribution < -0.4 is 0 Å². The van der Waals surface area contributed by atoms with Crippen LogP contribution in [0.5, 0.6) is 0 Å². The van der Waals surface area contributed by atoms with Gasteiger partial charge in [0.15, 0.2) is 17.5 Å². The minimum Gasteiger partial charge on any atom is -0.309 e. The molecule has 0 radical (unpaired) electrons. The van der Waals surface area contributed by atoms with E-state index in [0.717, 1.165) is 22.4 Å². The summed E-state index contributed by atoms with van der Waals surface area (Å²) in [6.07, 6.45) is 6.42. The number of benzene rings is 5. The van der Waals surface area contributed by atoms with Gasteiger partial charge in [0.25, 0.3) is 0 Å². The fourth-order valence-electron chi connectivity index (χ4n) is 8.55. The summed E-state index contributed by atoms with van der Waals surface area (Å²) < 4.78 is 2.45. The van der Waals surface area contributed by atoms with E-state index in [2.05, 4.69) is 131 Å². The monoisotopic (exact) mass is 646 g/mol. The Bertz CT molecular complexity index is 2540. The van der Waals surface area contributed by atoms with E-state index >= 15 is 0 Å². The van der Waals surface area contributed by atoms with Gasteiger partial charge in [-0.1, -0.05) is 137 Å². The highest BCUT2D eigenvalue weighted by Gasteiger charge is 2.41. The van der Waals surface area contributed by atoms with Crippen molar-refractivity contribution in [2.45, 2.75) is 45.4 Å². The molecular formula is C46H38N4. The summed E-state index contributed by atoms with van der Waals surface area (Å²) in [5.74, 6) is 1.98. The number of nitrogens with zero attached hydrogens (tertiary/aromatic N) is 4. The third-order valence-electron chi connectivity index (χ3n) is 10.9. The van der Waals surface area contributed by atoms with Crippen LogP contribution in [0, 0.1) is 0 Å². The van der Waals surface area contributed by atoms with Gasteiger partial charge >= 0.3 is 0 Å². The van der Waals surface area contributed by atoms with Crippen LogP contribution in [0.4, 0.5) is 0 Å². The van der Waals surface area contributed by atoms with Crippen LogP contribution in [0.1, 0.15) is 51.3 Å². The van der Waals surface area contributed by atoms with Gasteiger partial charge in [-0.15, -0.1) is 0 Å². The number of hydrogen-bond donors (Lipinski definition) is 0. The molecule has 0 saturated heterocycles. The molecule has 2 aliphatic rings. The van der Waals surface area contributed by atoms with Crippen molar-refractivity contribution in [3.8, 4) is 45.3 Å². The van der Waals surface area contributed by atoms with Crippen molar-refractivity contribution in [3.05, 3.63) is 156 Å². The first-order valence-electron chi connectivity index (χ1n) is 17.4. The second-order valence-electron chi connectivity index (χ2n) is 14.5. The molecular weight excluding hydrogens is 609 g/mol. The van der Waals surface area contributed by atoms with Crippen LogP contribution in [0.3, 0.4) is 0 Å². The maximum Gasteiger partial charge on any atom is 0.164 e.